The molecule has 1 heterocycles. The van der Waals surface area contributed by atoms with E-state index in [9.17, 15) is 17.6 Å². The first-order valence-corrected chi connectivity index (χ1v) is 6.25. The zero-order valence-electron chi connectivity index (χ0n) is 11.2. The van der Waals surface area contributed by atoms with Crippen LogP contribution in [0.15, 0.2) is 6.07 Å². The Bertz CT molecular complexity index is 498. The van der Waals surface area contributed by atoms with Crippen LogP contribution in [0, 0.1) is 5.82 Å². The summed E-state index contributed by atoms with van der Waals surface area (Å²) in [5.41, 5.74) is -0.110. The third kappa shape index (κ3) is 2.61. The van der Waals surface area contributed by atoms with Crippen LogP contribution >= 0.6 is 0 Å². The lowest BCUT2D eigenvalue weighted by molar-refractivity contribution is -0.140. The lowest BCUT2D eigenvalue weighted by atomic mass is 9.79. The van der Waals surface area contributed by atoms with Crippen LogP contribution in [0.1, 0.15) is 43.0 Å². The molecule has 0 bridgehead atoms. The van der Waals surface area contributed by atoms with E-state index in [1.165, 1.54) is 0 Å². The second-order valence-electron chi connectivity index (χ2n) is 5.92. The number of alkyl halides is 3. The summed E-state index contributed by atoms with van der Waals surface area (Å²) in [4.78, 5) is 0. The van der Waals surface area contributed by atoms with E-state index < -0.39 is 23.0 Å². The van der Waals surface area contributed by atoms with Gasteiger partial charge in [-0.25, -0.2) is 4.39 Å². The summed E-state index contributed by atoms with van der Waals surface area (Å²) in [5, 5.41) is 3.09. The molecular weight excluding hydrogens is 258 g/mol. The van der Waals surface area contributed by atoms with Crippen molar-refractivity contribution in [1.82, 2.24) is 5.32 Å². The van der Waals surface area contributed by atoms with Gasteiger partial charge < -0.3 is 5.32 Å². The molecule has 0 atom stereocenters. The van der Waals surface area contributed by atoms with E-state index in [2.05, 4.69) is 5.32 Å². The highest BCUT2D eigenvalue weighted by Gasteiger charge is 2.38. The molecule has 0 aromatic heterocycles. The molecule has 1 aromatic rings. The molecule has 106 valence electrons. The normalized spacial score (nSPS) is 16.4. The summed E-state index contributed by atoms with van der Waals surface area (Å²) in [6, 6.07) is 0.973. The minimum atomic E-state index is -4.65. The van der Waals surface area contributed by atoms with Crippen molar-refractivity contribution < 1.29 is 17.6 Å². The van der Waals surface area contributed by atoms with Gasteiger partial charge in [0.05, 0.1) is 5.56 Å². The van der Waals surface area contributed by atoms with E-state index in [4.69, 9.17) is 0 Å². The molecule has 0 radical (unpaired) electrons. The molecule has 2 rings (SSSR count). The largest absolute Gasteiger partial charge is 0.419 e. The minimum absolute atomic E-state index is 0.221. The molecule has 1 aliphatic heterocycles. The second-order valence-corrected chi connectivity index (χ2v) is 5.92. The number of hydrogen-bond acceptors (Lipinski definition) is 1. The summed E-state index contributed by atoms with van der Waals surface area (Å²) in [5.74, 6) is -1.10. The first-order valence-electron chi connectivity index (χ1n) is 6.25. The monoisotopic (exact) mass is 275 g/mol. The highest BCUT2D eigenvalue weighted by molar-refractivity contribution is 5.46. The highest BCUT2D eigenvalue weighted by atomic mass is 19.4. The molecule has 0 fully saturated rings. The summed E-state index contributed by atoms with van der Waals surface area (Å²) >= 11 is 0. The maximum absolute atomic E-state index is 14.1. The third-order valence-electron chi connectivity index (χ3n) is 3.45. The van der Waals surface area contributed by atoms with E-state index >= 15 is 0 Å². The van der Waals surface area contributed by atoms with Crippen LogP contribution < -0.4 is 5.32 Å². The Balaban J connectivity index is 2.74. The maximum atomic E-state index is 14.1. The van der Waals surface area contributed by atoms with Crippen molar-refractivity contribution >= 4 is 0 Å². The Kier molecular flexibility index (Phi) is 3.37. The first-order chi connectivity index (χ1) is 8.62. The molecule has 0 unspecified atom stereocenters. The van der Waals surface area contributed by atoms with Gasteiger partial charge in [0.15, 0.2) is 0 Å². The molecule has 1 aliphatic rings. The SMILES string of the molecule is CC(C)(C)c1cc(C(F)(F)F)c(F)c2c1CNCC2. The lowest BCUT2D eigenvalue weighted by Crippen LogP contribution is -2.30. The van der Waals surface area contributed by atoms with Gasteiger partial charge in [-0.15, -0.1) is 0 Å². The van der Waals surface area contributed by atoms with E-state index in [0.717, 1.165) is 6.07 Å². The number of hydrogen-bond donors (Lipinski definition) is 1. The van der Waals surface area contributed by atoms with Crippen molar-refractivity contribution in [3.8, 4) is 0 Å². The predicted octanol–water partition coefficient (Wildman–Crippen LogP) is 3.79. The van der Waals surface area contributed by atoms with Crippen LogP contribution in [-0.2, 0) is 24.6 Å². The van der Waals surface area contributed by atoms with Crippen molar-refractivity contribution in [2.45, 2.75) is 45.3 Å². The van der Waals surface area contributed by atoms with E-state index in [0.29, 0.717) is 30.6 Å². The predicted molar refractivity (Wildman–Crippen MR) is 65.5 cm³/mol. The molecule has 19 heavy (non-hydrogen) atoms. The van der Waals surface area contributed by atoms with Crippen LogP contribution in [0.5, 0.6) is 0 Å². The minimum Gasteiger partial charge on any atom is -0.312 e. The van der Waals surface area contributed by atoms with E-state index in [1.807, 2.05) is 20.8 Å². The van der Waals surface area contributed by atoms with Gasteiger partial charge in [0.1, 0.15) is 5.82 Å². The Labute approximate surface area is 110 Å². The Morgan fingerprint density at radius 2 is 1.68 bits per heavy atom. The molecule has 0 amide bonds. The Hall–Kier alpha value is -1.10. The number of benzene rings is 1. The second kappa shape index (κ2) is 4.47. The molecule has 1 aromatic carbocycles. The van der Waals surface area contributed by atoms with Crippen LogP contribution in [-0.4, -0.2) is 6.54 Å². The number of halogens is 4. The standard InChI is InChI=1S/C14H17F4N/c1-13(2,3)10-6-11(14(16,17)18)12(15)8-4-5-19-7-9(8)10/h6,19H,4-5,7H2,1-3H3. The molecule has 1 nitrogen and oxygen atoms in total. The number of rotatable bonds is 0. The summed E-state index contributed by atoms with van der Waals surface area (Å²) < 4.78 is 52.9. The van der Waals surface area contributed by atoms with E-state index in [-0.39, 0.29) is 5.56 Å². The van der Waals surface area contributed by atoms with Gasteiger partial charge in [-0.3, -0.25) is 0 Å². The average molecular weight is 275 g/mol. The molecule has 0 saturated carbocycles. The summed E-state index contributed by atoms with van der Waals surface area (Å²) in [6.45, 7) is 6.46. The topological polar surface area (TPSA) is 12.0 Å². The summed E-state index contributed by atoms with van der Waals surface area (Å²) in [7, 11) is 0. The Morgan fingerprint density at radius 3 is 2.21 bits per heavy atom. The van der Waals surface area contributed by atoms with Crippen LogP contribution in [0.25, 0.3) is 0 Å². The molecule has 0 spiro atoms. The fraction of sp³-hybridized carbons (Fsp3) is 0.571. The third-order valence-corrected chi connectivity index (χ3v) is 3.45. The fourth-order valence-corrected chi connectivity index (χ4v) is 2.52. The Morgan fingerprint density at radius 1 is 1.05 bits per heavy atom. The van der Waals surface area contributed by atoms with Crippen LogP contribution in [0.2, 0.25) is 0 Å². The maximum Gasteiger partial charge on any atom is 0.419 e. The van der Waals surface area contributed by atoms with Gasteiger partial charge in [0.25, 0.3) is 0 Å². The fourth-order valence-electron chi connectivity index (χ4n) is 2.52. The van der Waals surface area contributed by atoms with Crippen molar-refractivity contribution in [1.29, 1.82) is 0 Å². The van der Waals surface area contributed by atoms with Crippen molar-refractivity contribution in [3.05, 3.63) is 34.1 Å². The quantitative estimate of drug-likeness (QED) is 0.710. The zero-order valence-corrected chi connectivity index (χ0v) is 11.2. The average Bonchev–Trinajstić information content (AvgIpc) is 2.26. The van der Waals surface area contributed by atoms with Gasteiger partial charge >= 0.3 is 6.18 Å². The molecule has 1 N–H and O–H groups in total. The molecular formula is C14H17F4N. The number of fused-ring (bicyclic) bond motifs is 1. The molecule has 0 saturated heterocycles. The van der Waals surface area contributed by atoms with Crippen molar-refractivity contribution in [3.63, 3.8) is 0 Å². The zero-order chi connectivity index (χ0) is 14.4. The van der Waals surface area contributed by atoms with Gasteiger partial charge in [-0.05, 0) is 41.1 Å². The lowest BCUT2D eigenvalue weighted by Gasteiger charge is -2.30. The van der Waals surface area contributed by atoms with Gasteiger partial charge in [-0.2, -0.15) is 13.2 Å². The summed E-state index contributed by atoms with van der Waals surface area (Å²) in [6.07, 6.45) is -4.35. The number of nitrogens with one attached hydrogen (secondary N) is 1. The van der Waals surface area contributed by atoms with Gasteiger partial charge in [0, 0.05) is 6.54 Å². The molecule has 0 aliphatic carbocycles. The van der Waals surface area contributed by atoms with E-state index in [1.54, 1.807) is 0 Å². The van der Waals surface area contributed by atoms with Crippen LogP contribution in [0.3, 0.4) is 0 Å². The first kappa shape index (κ1) is 14.3. The van der Waals surface area contributed by atoms with Crippen molar-refractivity contribution in [2.75, 3.05) is 6.54 Å². The smallest absolute Gasteiger partial charge is 0.312 e. The highest BCUT2D eigenvalue weighted by Crippen LogP contribution is 2.39. The molecule has 5 heteroatoms. The van der Waals surface area contributed by atoms with Gasteiger partial charge in [0.2, 0.25) is 0 Å². The van der Waals surface area contributed by atoms with Crippen LogP contribution in [0.4, 0.5) is 17.6 Å². The van der Waals surface area contributed by atoms with Gasteiger partial charge in [-0.1, -0.05) is 20.8 Å². The van der Waals surface area contributed by atoms with Crippen molar-refractivity contribution in [2.24, 2.45) is 0 Å².